The van der Waals surface area contributed by atoms with Crippen LogP contribution < -0.4 is 11.1 Å². The maximum absolute atomic E-state index is 13.4. The number of anilines is 1. The Bertz CT molecular complexity index is 1090. The Morgan fingerprint density at radius 1 is 0.879 bits per heavy atom. The Morgan fingerprint density at radius 3 is 2.27 bits per heavy atom. The van der Waals surface area contributed by atoms with Crippen LogP contribution in [0, 0.1) is 5.82 Å². The number of nitrogens with two attached hydrogens (primary N) is 1. The number of nitrogens with one attached hydrogen (secondary N) is 1. The Balaban J connectivity index is 1.52. The fraction of sp³-hybridized carbons (Fsp3) is 0.259. The van der Waals surface area contributed by atoms with E-state index < -0.39 is 0 Å². The van der Waals surface area contributed by atoms with Crippen LogP contribution in [0.4, 0.5) is 10.1 Å². The van der Waals surface area contributed by atoms with Crippen LogP contribution in [0.15, 0.2) is 78.9 Å². The Morgan fingerprint density at radius 2 is 1.58 bits per heavy atom. The number of halogens is 1. The molecule has 0 unspecified atom stereocenters. The largest absolute Gasteiger partial charge is 0.331 e. The van der Waals surface area contributed by atoms with Gasteiger partial charge in [-0.25, -0.2) is 4.39 Å². The fourth-order valence-electron chi connectivity index (χ4n) is 4.28. The van der Waals surface area contributed by atoms with Crippen molar-refractivity contribution in [3.8, 4) is 0 Å². The van der Waals surface area contributed by atoms with E-state index in [-0.39, 0.29) is 29.7 Å². The van der Waals surface area contributed by atoms with Gasteiger partial charge in [-0.1, -0.05) is 30.3 Å². The minimum atomic E-state index is -0.389. The van der Waals surface area contributed by atoms with Crippen molar-refractivity contribution in [1.29, 1.82) is 0 Å². The molecule has 1 fully saturated rings. The molecule has 0 aromatic heterocycles. The summed E-state index contributed by atoms with van der Waals surface area (Å²) < 4.78 is 13.1. The second-order valence-corrected chi connectivity index (χ2v) is 8.53. The molecule has 3 N–H and O–H groups in total. The Hall–Kier alpha value is -3.51. The highest BCUT2D eigenvalue weighted by molar-refractivity contribution is 6.04. The average molecular weight is 446 g/mol. The summed E-state index contributed by atoms with van der Waals surface area (Å²) in [5, 5.41) is 2.86. The van der Waals surface area contributed by atoms with Gasteiger partial charge in [0.25, 0.3) is 11.8 Å². The lowest BCUT2D eigenvalue weighted by Crippen LogP contribution is -2.43. The highest BCUT2D eigenvalue weighted by Gasteiger charge is 2.28. The van der Waals surface area contributed by atoms with E-state index in [1.54, 1.807) is 6.07 Å². The van der Waals surface area contributed by atoms with Gasteiger partial charge in [0.05, 0.1) is 0 Å². The molecule has 0 aliphatic heterocycles. The predicted molar refractivity (Wildman–Crippen MR) is 127 cm³/mol. The zero-order valence-electron chi connectivity index (χ0n) is 18.4. The van der Waals surface area contributed by atoms with Gasteiger partial charge in [0.2, 0.25) is 0 Å². The van der Waals surface area contributed by atoms with E-state index in [9.17, 15) is 14.0 Å². The summed E-state index contributed by atoms with van der Waals surface area (Å²) in [4.78, 5) is 27.9. The lowest BCUT2D eigenvalue weighted by atomic mass is 9.90. The molecule has 0 spiro atoms. The van der Waals surface area contributed by atoms with E-state index in [2.05, 4.69) is 5.32 Å². The molecule has 1 aliphatic carbocycles. The first-order valence-electron chi connectivity index (χ1n) is 11.3. The van der Waals surface area contributed by atoms with Gasteiger partial charge < -0.3 is 16.0 Å². The fourth-order valence-corrected chi connectivity index (χ4v) is 4.28. The molecule has 2 amide bonds. The molecule has 3 aromatic rings. The number of amides is 2. The SMILES string of the molecule is NC1CCC(N(Cc2cccc(NC(=O)c3ccc(F)cc3)c2)C(=O)c2ccccc2)CC1. The van der Waals surface area contributed by atoms with Crippen LogP contribution in [0.1, 0.15) is 52.0 Å². The number of hydrogen-bond acceptors (Lipinski definition) is 3. The molecule has 4 rings (SSSR count). The molecular formula is C27H28FN3O2. The van der Waals surface area contributed by atoms with Crippen LogP contribution in [-0.4, -0.2) is 28.8 Å². The first-order valence-corrected chi connectivity index (χ1v) is 11.3. The molecule has 0 atom stereocenters. The lowest BCUT2D eigenvalue weighted by molar-refractivity contribution is 0.0606. The van der Waals surface area contributed by atoms with Crippen LogP contribution in [0.3, 0.4) is 0 Å². The number of rotatable bonds is 6. The molecule has 0 heterocycles. The molecule has 1 aliphatic rings. The van der Waals surface area contributed by atoms with E-state index in [4.69, 9.17) is 5.73 Å². The van der Waals surface area contributed by atoms with Crippen LogP contribution in [0.2, 0.25) is 0 Å². The van der Waals surface area contributed by atoms with Gasteiger partial charge in [0.1, 0.15) is 5.82 Å². The topological polar surface area (TPSA) is 75.4 Å². The maximum Gasteiger partial charge on any atom is 0.255 e. The number of nitrogens with zero attached hydrogens (tertiary/aromatic N) is 1. The molecule has 170 valence electrons. The van der Waals surface area contributed by atoms with Gasteiger partial charge in [0, 0.05) is 35.4 Å². The van der Waals surface area contributed by atoms with E-state index in [1.807, 2.05) is 53.4 Å². The highest BCUT2D eigenvalue weighted by atomic mass is 19.1. The van der Waals surface area contributed by atoms with Crippen molar-refractivity contribution in [2.24, 2.45) is 5.73 Å². The summed E-state index contributed by atoms with van der Waals surface area (Å²) in [5.41, 5.74) is 8.68. The van der Waals surface area contributed by atoms with Gasteiger partial charge >= 0.3 is 0 Å². The Labute approximate surface area is 193 Å². The molecule has 0 bridgehead atoms. The molecule has 0 saturated heterocycles. The minimum Gasteiger partial charge on any atom is -0.331 e. The zero-order chi connectivity index (χ0) is 23.2. The first kappa shape index (κ1) is 22.7. The second kappa shape index (κ2) is 10.4. The quantitative estimate of drug-likeness (QED) is 0.561. The third-order valence-corrected chi connectivity index (χ3v) is 6.11. The summed E-state index contributed by atoms with van der Waals surface area (Å²) in [7, 11) is 0. The zero-order valence-corrected chi connectivity index (χ0v) is 18.4. The Kier molecular flexibility index (Phi) is 7.15. The smallest absolute Gasteiger partial charge is 0.255 e. The monoisotopic (exact) mass is 445 g/mol. The normalized spacial score (nSPS) is 17.9. The van der Waals surface area contributed by atoms with Gasteiger partial charge in [-0.15, -0.1) is 0 Å². The molecule has 3 aromatic carbocycles. The molecule has 0 radical (unpaired) electrons. The molecule has 6 heteroatoms. The lowest BCUT2D eigenvalue weighted by Gasteiger charge is -2.36. The first-order chi connectivity index (χ1) is 16.0. The van der Waals surface area contributed by atoms with Crippen LogP contribution >= 0.6 is 0 Å². The summed E-state index contributed by atoms with van der Waals surface area (Å²) in [6.07, 6.45) is 3.55. The van der Waals surface area contributed by atoms with Crippen molar-refractivity contribution in [1.82, 2.24) is 4.90 Å². The average Bonchev–Trinajstić information content (AvgIpc) is 2.84. The van der Waals surface area contributed by atoms with Gasteiger partial charge in [-0.05, 0) is 79.8 Å². The van der Waals surface area contributed by atoms with Crippen molar-refractivity contribution in [2.45, 2.75) is 44.3 Å². The maximum atomic E-state index is 13.4. The van der Waals surface area contributed by atoms with Crippen molar-refractivity contribution in [2.75, 3.05) is 5.32 Å². The number of carbonyl (C=O) groups excluding carboxylic acids is 2. The van der Waals surface area contributed by atoms with E-state index >= 15 is 0 Å². The predicted octanol–water partition coefficient (Wildman–Crippen LogP) is 4.99. The number of hydrogen-bond donors (Lipinski definition) is 2. The standard InChI is InChI=1S/C27H28FN3O2/c28-22-11-9-20(10-12-22)26(32)30-24-8-4-5-19(17-24)18-31(25-15-13-23(29)14-16-25)27(33)21-6-2-1-3-7-21/h1-12,17,23,25H,13-16,18,29H2,(H,30,32). The minimum absolute atomic E-state index is 0.00294. The van der Waals surface area contributed by atoms with Gasteiger partial charge in [-0.2, -0.15) is 0 Å². The number of carbonyl (C=O) groups is 2. The van der Waals surface area contributed by atoms with Crippen LogP contribution in [0.5, 0.6) is 0 Å². The van der Waals surface area contributed by atoms with Crippen molar-refractivity contribution >= 4 is 17.5 Å². The van der Waals surface area contributed by atoms with Crippen molar-refractivity contribution in [3.05, 3.63) is 101 Å². The second-order valence-electron chi connectivity index (χ2n) is 8.53. The van der Waals surface area contributed by atoms with Crippen LogP contribution in [-0.2, 0) is 6.54 Å². The summed E-state index contributed by atoms with van der Waals surface area (Å²) in [6, 6.07) is 22.5. The van der Waals surface area contributed by atoms with Gasteiger partial charge in [0.15, 0.2) is 0 Å². The van der Waals surface area contributed by atoms with Crippen LogP contribution in [0.25, 0.3) is 0 Å². The third kappa shape index (κ3) is 5.84. The summed E-state index contributed by atoms with van der Waals surface area (Å²) >= 11 is 0. The molecule has 5 nitrogen and oxygen atoms in total. The molecular weight excluding hydrogens is 417 g/mol. The van der Waals surface area contributed by atoms with Gasteiger partial charge in [-0.3, -0.25) is 9.59 Å². The highest BCUT2D eigenvalue weighted by Crippen LogP contribution is 2.26. The van der Waals surface area contributed by atoms with Crippen molar-refractivity contribution in [3.63, 3.8) is 0 Å². The van der Waals surface area contributed by atoms with E-state index in [0.717, 1.165) is 31.2 Å². The van der Waals surface area contributed by atoms with E-state index in [0.29, 0.717) is 23.4 Å². The number of benzene rings is 3. The van der Waals surface area contributed by atoms with E-state index in [1.165, 1.54) is 24.3 Å². The summed E-state index contributed by atoms with van der Waals surface area (Å²) in [6.45, 7) is 0.438. The third-order valence-electron chi connectivity index (χ3n) is 6.11. The molecule has 33 heavy (non-hydrogen) atoms. The van der Waals surface area contributed by atoms with Crippen molar-refractivity contribution < 1.29 is 14.0 Å². The summed E-state index contributed by atoms with van der Waals surface area (Å²) in [5.74, 6) is -0.706. The molecule has 1 saturated carbocycles.